The fraction of sp³-hybridized carbons (Fsp3) is 0.529. The SMILES string of the molecule is O=C(CCC1CCCC1)N1CCC(=NO)c2ccccc21. The van der Waals surface area contributed by atoms with Crippen LogP contribution in [0.15, 0.2) is 29.4 Å². The highest BCUT2D eigenvalue weighted by molar-refractivity contribution is 6.11. The van der Waals surface area contributed by atoms with E-state index in [2.05, 4.69) is 5.16 Å². The van der Waals surface area contributed by atoms with Crippen LogP contribution in [-0.4, -0.2) is 23.4 Å². The second-order valence-electron chi connectivity index (χ2n) is 6.05. The van der Waals surface area contributed by atoms with E-state index < -0.39 is 0 Å². The van der Waals surface area contributed by atoms with Crippen LogP contribution in [0.3, 0.4) is 0 Å². The highest BCUT2D eigenvalue weighted by Crippen LogP contribution is 2.31. The lowest BCUT2D eigenvalue weighted by Crippen LogP contribution is -2.37. The number of anilines is 1. The van der Waals surface area contributed by atoms with Crippen molar-refractivity contribution in [2.24, 2.45) is 11.1 Å². The van der Waals surface area contributed by atoms with Gasteiger partial charge in [-0.05, 0) is 18.4 Å². The van der Waals surface area contributed by atoms with Crippen LogP contribution < -0.4 is 4.90 Å². The normalized spacial score (nSPS) is 20.8. The molecule has 4 nitrogen and oxygen atoms in total. The lowest BCUT2D eigenvalue weighted by atomic mass is 9.97. The lowest BCUT2D eigenvalue weighted by Gasteiger charge is -2.30. The Bertz CT molecular complexity index is 547. The first-order valence-electron chi connectivity index (χ1n) is 7.90. The van der Waals surface area contributed by atoms with Crippen molar-refractivity contribution in [3.8, 4) is 0 Å². The molecule has 0 spiro atoms. The molecule has 1 heterocycles. The fourth-order valence-electron chi connectivity index (χ4n) is 3.55. The van der Waals surface area contributed by atoms with Gasteiger partial charge in [-0.3, -0.25) is 4.79 Å². The summed E-state index contributed by atoms with van der Waals surface area (Å²) in [6.45, 7) is 0.611. The molecule has 4 heteroatoms. The predicted molar refractivity (Wildman–Crippen MR) is 82.9 cm³/mol. The summed E-state index contributed by atoms with van der Waals surface area (Å²) in [6, 6.07) is 7.70. The molecule has 1 aliphatic heterocycles. The van der Waals surface area contributed by atoms with Crippen LogP contribution in [0.2, 0.25) is 0 Å². The minimum absolute atomic E-state index is 0.200. The summed E-state index contributed by atoms with van der Waals surface area (Å²) < 4.78 is 0. The van der Waals surface area contributed by atoms with Gasteiger partial charge in [0.1, 0.15) is 0 Å². The monoisotopic (exact) mass is 286 g/mol. The molecule has 0 aromatic heterocycles. The smallest absolute Gasteiger partial charge is 0.227 e. The van der Waals surface area contributed by atoms with Crippen molar-refractivity contribution >= 4 is 17.3 Å². The largest absolute Gasteiger partial charge is 0.411 e. The second kappa shape index (κ2) is 6.29. The van der Waals surface area contributed by atoms with E-state index in [0.29, 0.717) is 25.1 Å². The first-order chi connectivity index (χ1) is 10.3. The maximum atomic E-state index is 12.5. The molecule has 1 N–H and O–H groups in total. The number of carbonyl (C=O) groups is 1. The van der Waals surface area contributed by atoms with Gasteiger partial charge in [0.15, 0.2) is 0 Å². The van der Waals surface area contributed by atoms with Gasteiger partial charge in [0.25, 0.3) is 0 Å². The van der Waals surface area contributed by atoms with Crippen LogP contribution in [0.4, 0.5) is 5.69 Å². The van der Waals surface area contributed by atoms with Crippen molar-refractivity contribution < 1.29 is 10.0 Å². The third kappa shape index (κ3) is 2.94. The summed E-state index contributed by atoms with van der Waals surface area (Å²) in [4.78, 5) is 14.4. The average Bonchev–Trinajstić information content (AvgIpc) is 3.05. The summed E-state index contributed by atoms with van der Waals surface area (Å²) in [5.74, 6) is 0.940. The van der Waals surface area contributed by atoms with Crippen molar-refractivity contribution in [2.45, 2.75) is 44.9 Å². The van der Waals surface area contributed by atoms with Crippen LogP contribution in [-0.2, 0) is 4.79 Å². The van der Waals surface area contributed by atoms with Crippen LogP contribution in [0.25, 0.3) is 0 Å². The number of carbonyl (C=O) groups excluding carboxylic acids is 1. The van der Waals surface area contributed by atoms with Crippen molar-refractivity contribution in [3.05, 3.63) is 29.8 Å². The molecule has 1 amide bonds. The Morgan fingerprint density at radius 2 is 2.05 bits per heavy atom. The molecule has 3 rings (SSSR count). The molecule has 2 aliphatic rings. The Morgan fingerprint density at radius 1 is 1.29 bits per heavy atom. The quantitative estimate of drug-likeness (QED) is 0.682. The van der Waals surface area contributed by atoms with Crippen LogP contribution in [0.1, 0.15) is 50.5 Å². The number of benzene rings is 1. The molecular weight excluding hydrogens is 264 g/mol. The Labute approximate surface area is 125 Å². The van der Waals surface area contributed by atoms with Crippen LogP contribution in [0.5, 0.6) is 0 Å². The zero-order valence-corrected chi connectivity index (χ0v) is 12.3. The van der Waals surface area contributed by atoms with Gasteiger partial charge in [0.2, 0.25) is 5.91 Å². The molecule has 0 atom stereocenters. The zero-order chi connectivity index (χ0) is 14.7. The number of para-hydroxylation sites is 1. The Hall–Kier alpha value is -1.84. The minimum atomic E-state index is 0.200. The highest BCUT2D eigenvalue weighted by atomic mass is 16.4. The number of hydrogen-bond donors (Lipinski definition) is 1. The van der Waals surface area contributed by atoms with Crippen molar-refractivity contribution in [3.63, 3.8) is 0 Å². The van der Waals surface area contributed by atoms with E-state index >= 15 is 0 Å². The van der Waals surface area contributed by atoms with E-state index in [1.807, 2.05) is 29.2 Å². The summed E-state index contributed by atoms with van der Waals surface area (Å²) in [6.07, 6.45) is 7.46. The van der Waals surface area contributed by atoms with Crippen LogP contribution in [0, 0.1) is 5.92 Å². The first-order valence-corrected chi connectivity index (χ1v) is 7.90. The van der Waals surface area contributed by atoms with E-state index in [0.717, 1.165) is 23.6 Å². The molecular formula is C17H22N2O2. The van der Waals surface area contributed by atoms with E-state index in [4.69, 9.17) is 5.21 Å². The predicted octanol–water partition coefficient (Wildman–Crippen LogP) is 3.57. The average molecular weight is 286 g/mol. The van der Waals surface area contributed by atoms with Gasteiger partial charge >= 0.3 is 0 Å². The van der Waals surface area contributed by atoms with Crippen molar-refractivity contribution in [2.75, 3.05) is 11.4 Å². The number of nitrogens with zero attached hydrogens (tertiary/aromatic N) is 2. The van der Waals surface area contributed by atoms with E-state index in [1.165, 1.54) is 25.7 Å². The molecule has 0 saturated heterocycles. The Balaban J connectivity index is 1.71. The fourth-order valence-corrected chi connectivity index (χ4v) is 3.55. The standard InChI is InChI=1S/C17H22N2O2/c20-17(10-9-13-5-1-2-6-13)19-12-11-15(18-21)14-7-3-4-8-16(14)19/h3-4,7-8,13,21H,1-2,5-6,9-12H2. The van der Waals surface area contributed by atoms with Gasteiger partial charge in [-0.1, -0.05) is 49.0 Å². The molecule has 1 fully saturated rings. The first kappa shape index (κ1) is 14.1. The zero-order valence-electron chi connectivity index (χ0n) is 12.3. The molecule has 0 radical (unpaired) electrons. The van der Waals surface area contributed by atoms with Gasteiger partial charge in [-0.2, -0.15) is 0 Å². The molecule has 0 unspecified atom stereocenters. The van der Waals surface area contributed by atoms with Gasteiger partial charge in [0, 0.05) is 24.9 Å². The van der Waals surface area contributed by atoms with E-state index in [9.17, 15) is 4.79 Å². The maximum absolute atomic E-state index is 12.5. The van der Waals surface area contributed by atoms with Gasteiger partial charge in [-0.25, -0.2) is 0 Å². The number of hydrogen-bond acceptors (Lipinski definition) is 3. The minimum Gasteiger partial charge on any atom is -0.411 e. The Kier molecular flexibility index (Phi) is 4.23. The van der Waals surface area contributed by atoms with Crippen LogP contribution >= 0.6 is 0 Å². The second-order valence-corrected chi connectivity index (χ2v) is 6.05. The third-order valence-electron chi connectivity index (χ3n) is 4.74. The molecule has 0 bridgehead atoms. The van der Waals surface area contributed by atoms with E-state index in [1.54, 1.807) is 0 Å². The topological polar surface area (TPSA) is 52.9 Å². The third-order valence-corrected chi connectivity index (χ3v) is 4.74. The summed E-state index contributed by atoms with van der Waals surface area (Å²) in [5, 5.41) is 12.5. The molecule has 1 aromatic carbocycles. The lowest BCUT2D eigenvalue weighted by molar-refractivity contribution is -0.118. The molecule has 1 aromatic rings. The molecule has 1 aliphatic carbocycles. The summed E-state index contributed by atoms with van der Waals surface area (Å²) in [7, 11) is 0. The number of fused-ring (bicyclic) bond motifs is 1. The van der Waals surface area contributed by atoms with E-state index in [-0.39, 0.29) is 5.91 Å². The maximum Gasteiger partial charge on any atom is 0.227 e. The molecule has 112 valence electrons. The molecule has 1 saturated carbocycles. The van der Waals surface area contributed by atoms with Gasteiger partial charge in [0.05, 0.1) is 11.4 Å². The number of oxime groups is 1. The summed E-state index contributed by atoms with van der Waals surface area (Å²) in [5.41, 5.74) is 2.43. The molecule has 21 heavy (non-hydrogen) atoms. The van der Waals surface area contributed by atoms with Gasteiger partial charge < -0.3 is 10.1 Å². The summed E-state index contributed by atoms with van der Waals surface area (Å²) >= 11 is 0. The number of rotatable bonds is 3. The number of amides is 1. The van der Waals surface area contributed by atoms with Crippen molar-refractivity contribution in [1.29, 1.82) is 0 Å². The van der Waals surface area contributed by atoms with Gasteiger partial charge in [-0.15, -0.1) is 0 Å². The van der Waals surface area contributed by atoms with Crippen molar-refractivity contribution in [1.82, 2.24) is 0 Å². The Morgan fingerprint density at radius 3 is 2.81 bits per heavy atom. The highest BCUT2D eigenvalue weighted by Gasteiger charge is 2.26.